The van der Waals surface area contributed by atoms with Gasteiger partial charge in [-0.05, 0) is 24.3 Å². The maximum Gasteiger partial charge on any atom is 0.131 e. The maximum absolute atomic E-state index is 13.7. The lowest BCUT2D eigenvalue weighted by Gasteiger charge is -2.09. The number of methoxy groups -OCH3 is 1. The van der Waals surface area contributed by atoms with Crippen molar-refractivity contribution < 1.29 is 9.13 Å². The van der Waals surface area contributed by atoms with Crippen molar-refractivity contribution in [1.82, 2.24) is 0 Å². The Morgan fingerprint density at radius 1 is 1.12 bits per heavy atom. The molecule has 0 heterocycles. The highest BCUT2D eigenvalue weighted by atomic mass is 19.1. The van der Waals surface area contributed by atoms with Crippen LogP contribution in [0.4, 0.5) is 4.39 Å². The van der Waals surface area contributed by atoms with E-state index in [0.717, 1.165) is 0 Å². The number of benzene rings is 2. The first-order valence-electron chi connectivity index (χ1n) is 5.16. The lowest BCUT2D eigenvalue weighted by atomic mass is 10.0. The molecule has 0 bridgehead atoms. The highest BCUT2D eigenvalue weighted by molar-refractivity contribution is 5.72. The molecule has 2 aromatic rings. The van der Waals surface area contributed by atoms with Crippen LogP contribution in [0.15, 0.2) is 42.5 Å². The smallest absolute Gasteiger partial charge is 0.131 e. The fourth-order valence-corrected chi connectivity index (χ4v) is 1.69. The van der Waals surface area contributed by atoms with Crippen LogP contribution < -0.4 is 4.74 Å². The van der Waals surface area contributed by atoms with Crippen molar-refractivity contribution in [1.29, 1.82) is 0 Å². The molecule has 0 aromatic heterocycles. The summed E-state index contributed by atoms with van der Waals surface area (Å²) in [4.78, 5) is 0. The fourth-order valence-electron chi connectivity index (χ4n) is 1.69. The van der Waals surface area contributed by atoms with E-state index in [2.05, 4.69) is 5.92 Å². The van der Waals surface area contributed by atoms with Crippen molar-refractivity contribution in [2.75, 3.05) is 7.11 Å². The summed E-state index contributed by atoms with van der Waals surface area (Å²) in [6, 6.07) is 11.8. The molecule has 1 nitrogen and oxygen atoms in total. The van der Waals surface area contributed by atoms with Crippen LogP contribution >= 0.6 is 0 Å². The molecule has 2 rings (SSSR count). The van der Waals surface area contributed by atoms with Crippen LogP contribution in [0.1, 0.15) is 5.56 Å². The molecular formula is C15H11FO. The average molecular weight is 226 g/mol. The Kier molecular flexibility index (Phi) is 3.11. The molecule has 17 heavy (non-hydrogen) atoms. The second-order valence-corrected chi connectivity index (χ2v) is 3.54. The van der Waals surface area contributed by atoms with Gasteiger partial charge in [-0.3, -0.25) is 0 Å². The molecule has 0 saturated carbocycles. The van der Waals surface area contributed by atoms with Crippen molar-refractivity contribution >= 4 is 0 Å². The zero-order chi connectivity index (χ0) is 12.3. The van der Waals surface area contributed by atoms with Gasteiger partial charge in [0.15, 0.2) is 0 Å². The molecule has 0 amide bonds. The Morgan fingerprint density at radius 3 is 2.53 bits per heavy atom. The van der Waals surface area contributed by atoms with Gasteiger partial charge in [0, 0.05) is 16.7 Å². The van der Waals surface area contributed by atoms with E-state index in [9.17, 15) is 4.39 Å². The minimum atomic E-state index is -0.292. The summed E-state index contributed by atoms with van der Waals surface area (Å²) in [5.41, 5.74) is 1.85. The van der Waals surface area contributed by atoms with Crippen molar-refractivity contribution in [2.45, 2.75) is 0 Å². The van der Waals surface area contributed by atoms with Crippen LogP contribution in [-0.4, -0.2) is 7.11 Å². The van der Waals surface area contributed by atoms with Crippen molar-refractivity contribution in [3.8, 4) is 29.2 Å². The van der Waals surface area contributed by atoms with Gasteiger partial charge < -0.3 is 4.74 Å². The highest BCUT2D eigenvalue weighted by Gasteiger charge is 2.10. The van der Waals surface area contributed by atoms with Crippen LogP contribution in [0.5, 0.6) is 5.75 Å². The molecule has 0 saturated heterocycles. The summed E-state index contributed by atoms with van der Waals surface area (Å²) in [6.45, 7) is 0. The Hall–Kier alpha value is -2.27. The zero-order valence-corrected chi connectivity index (χ0v) is 9.41. The summed E-state index contributed by atoms with van der Waals surface area (Å²) >= 11 is 0. The first kappa shape index (κ1) is 11.2. The molecule has 0 radical (unpaired) electrons. The Bertz CT molecular complexity index is 582. The second-order valence-electron chi connectivity index (χ2n) is 3.54. The topological polar surface area (TPSA) is 9.23 Å². The summed E-state index contributed by atoms with van der Waals surface area (Å²) in [5, 5.41) is 0. The number of hydrogen-bond acceptors (Lipinski definition) is 1. The lowest BCUT2D eigenvalue weighted by molar-refractivity contribution is 0.416. The molecule has 2 aromatic carbocycles. The van der Waals surface area contributed by atoms with Gasteiger partial charge in [0.25, 0.3) is 0 Å². The fraction of sp³-hybridized carbons (Fsp3) is 0.0667. The predicted molar refractivity (Wildman–Crippen MR) is 66.3 cm³/mol. The van der Waals surface area contributed by atoms with Gasteiger partial charge in [-0.1, -0.05) is 24.1 Å². The molecule has 0 aliphatic carbocycles. The monoisotopic (exact) mass is 226 g/mol. The Balaban J connectivity index is 2.65. The largest absolute Gasteiger partial charge is 0.496 e. The van der Waals surface area contributed by atoms with Crippen molar-refractivity contribution in [2.24, 2.45) is 0 Å². The number of terminal acetylenes is 1. The summed E-state index contributed by atoms with van der Waals surface area (Å²) < 4.78 is 18.9. The first-order valence-corrected chi connectivity index (χ1v) is 5.16. The second kappa shape index (κ2) is 4.71. The van der Waals surface area contributed by atoms with E-state index in [-0.39, 0.29) is 5.82 Å². The predicted octanol–water partition coefficient (Wildman–Crippen LogP) is 3.48. The normalized spacial score (nSPS) is 9.71. The molecule has 0 aliphatic rings. The van der Waals surface area contributed by atoms with Gasteiger partial charge >= 0.3 is 0 Å². The van der Waals surface area contributed by atoms with Crippen molar-refractivity contribution in [3.05, 3.63) is 53.8 Å². The van der Waals surface area contributed by atoms with Gasteiger partial charge in [-0.25, -0.2) is 4.39 Å². The molecule has 0 spiro atoms. The van der Waals surface area contributed by atoms with Crippen LogP contribution in [0.3, 0.4) is 0 Å². The average Bonchev–Trinajstić information content (AvgIpc) is 2.38. The van der Waals surface area contributed by atoms with Gasteiger partial charge in [-0.15, -0.1) is 6.42 Å². The van der Waals surface area contributed by atoms with Gasteiger partial charge in [0.05, 0.1) is 7.11 Å². The van der Waals surface area contributed by atoms with Gasteiger partial charge in [0.2, 0.25) is 0 Å². The van der Waals surface area contributed by atoms with E-state index in [1.54, 1.807) is 43.5 Å². The first-order chi connectivity index (χ1) is 8.26. The molecule has 0 unspecified atom stereocenters. The molecule has 0 N–H and O–H groups in total. The summed E-state index contributed by atoms with van der Waals surface area (Å²) in [7, 11) is 1.55. The quantitative estimate of drug-likeness (QED) is 0.712. The molecule has 84 valence electrons. The van der Waals surface area contributed by atoms with Gasteiger partial charge in [0.1, 0.15) is 11.6 Å². The van der Waals surface area contributed by atoms with E-state index in [4.69, 9.17) is 11.2 Å². The van der Waals surface area contributed by atoms with Crippen molar-refractivity contribution in [3.63, 3.8) is 0 Å². The zero-order valence-electron chi connectivity index (χ0n) is 9.41. The Labute approximate surface area is 99.9 Å². The summed E-state index contributed by atoms with van der Waals surface area (Å²) in [5.74, 6) is 2.84. The van der Waals surface area contributed by atoms with Crippen LogP contribution in [0, 0.1) is 18.2 Å². The third-order valence-electron chi connectivity index (χ3n) is 2.53. The third kappa shape index (κ3) is 2.14. The van der Waals surface area contributed by atoms with Crippen LogP contribution in [0.25, 0.3) is 11.1 Å². The number of rotatable bonds is 2. The molecule has 0 fully saturated rings. The minimum absolute atomic E-state index is 0.292. The maximum atomic E-state index is 13.7. The minimum Gasteiger partial charge on any atom is -0.496 e. The molecule has 2 heteroatoms. The standard InChI is InChI=1S/C15H11FO/c1-3-11-8-9-15(17-2)13(10-11)12-6-4-5-7-14(12)16/h1,4-10H,2H3. The van der Waals surface area contributed by atoms with Crippen LogP contribution in [-0.2, 0) is 0 Å². The van der Waals surface area contributed by atoms with E-state index < -0.39 is 0 Å². The number of hydrogen-bond donors (Lipinski definition) is 0. The van der Waals surface area contributed by atoms with E-state index in [1.807, 2.05) is 0 Å². The summed E-state index contributed by atoms with van der Waals surface area (Å²) in [6.07, 6.45) is 5.34. The highest BCUT2D eigenvalue weighted by Crippen LogP contribution is 2.32. The third-order valence-corrected chi connectivity index (χ3v) is 2.53. The van der Waals surface area contributed by atoms with E-state index >= 15 is 0 Å². The number of ether oxygens (including phenoxy) is 1. The molecular weight excluding hydrogens is 215 g/mol. The molecule has 0 aliphatic heterocycles. The Morgan fingerprint density at radius 2 is 1.88 bits per heavy atom. The lowest BCUT2D eigenvalue weighted by Crippen LogP contribution is -1.91. The van der Waals surface area contributed by atoms with E-state index in [0.29, 0.717) is 22.4 Å². The van der Waals surface area contributed by atoms with E-state index in [1.165, 1.54) is 6.07 Å². The number of halogens is 1. The van der Waals surface area contributed by atoms with Gasteiger partial charge in [-0.2, -0.15) is 0 Å². The molecule has 0 atom stereocenters. The SMILES string of the molecule is C#Cc1ccc(OC)c(-c2ccccc2F)c1. The van der Waals surface area contributed by atoms with Crippen LogP contribution in [0.2, 0.25) is 0 Å².